The maximum Gasteiger partial charge on any atom is 0.405 e. The number of sulfone groups is 6. The van der Waals surface area contributed by atoms with Gasteiger partial charge in [0.15, 0.2) is 64.3 Å². The van der Waals surface area contributed by atoms with Gasteiger partial charge in [0.1, 0.15) is 17.2 Å². The summed E-state index contributed by atoms with van der Waals surface area (Å²) in [5.74, 6) is 0.387. The predicted molar refractivity (Wildman–Crippen MR) is 270 cm³/mol. The molecule has 7 aliphatic heterocycles. The van der Waals surface area contributed by atoms with Gasteiger partial charge in [0.25, 0.3) is 16.5 Å². The molecule has 8 fully saturated rings. The van der Waals surface area contributed by atoms with Gasteiger partial charge in [0, 0.05) is 11.8 Å². The number of fused-ring (bicyclic) bond motifs is 1. The molecule has 0 bridgehead atoms. The van der Waals surface area contributed by atoms with E-state index in [1.165, 1.54) is 12.2 Å². The third-order valence-electron chi connectivity index (χ3n) is 13.8. The van der Waals surface area contributed by atoms with E-state index in [-0.39, 0.29) is 70.7 Å². The lowest BCUT2D eigenvalue weighted by atomic mass is 9.84. The van der Waals surface area contributed by atoms with E-state index in [9.17, 15) is 89.7 Å². The van der Waals surface area contributed by atoms with Crippen molar-refractivity contribution in [1.82, 2.24) is 0 Å². The third kappa shape index (κ3) is 18.7. The first kappa shape index (κ1) is 66.1. The zero-order valence-corrected chi connectivity index (χ0v) is 46.7. The van der Waals surface area contributed by atoms with Crippen molar-refractivity contribution in [1.29, 1.82) is 0 Å². The summed E-state index contributed by atoms with van der Waals surface area (Å²) in [6.45, 7) is 7.94. The largest absolute Gasteiger partial charge is 0.405 e. The molecule has 7 saturated heterocycles. The number of rotatable bonds is 5. The van der Waals surface area contributed by atoms with Crippen molar-refractivity contribution < 1.29 is 93.8 Å². The van der Waals surface area contributed by atoms with Crippen LogP contribution in [0.3, 0.4) is 0 Å². The predicted octanol–water partition coefficient (Wildman–Crippen LogP) is 7.37. The molecule has 7 heterocycles. The number of hydrogen-bond donors (Lipinski definition) is 0. The van der Waals surface area contributed by atoms with Crippen LogP contribution in [0.4, 0.5) is 30.7 Å². The van der Waals surface area contributed by atoms with Crippen LogP contribution in [0.25, 0.3) is 0 Å². The highest BCUT2D eigenvalue weighted by Gasteiger charge is 2.51. The molecule has 0 aromatic heterocycles. The average Bonchev–Trinajstić information content (AvgIpc) is 4.18. The van der Waals surface area contributed by atoms with Gasteiger partial charge in [0.2, 0.25) is 5.50 Å². The van der Waals surface area contributed by atoms with Crippen LogP contribution in [-0.2, 0) is 73.3 Å². The summed E-state index contributed by atoms with van der Waals surface area (Å²) in [7, 11) is -22.6. The molecule has 15 nitrogen and oxygen atoms in total. The van der Waals surface area contributed by atoms with Crippen molar-refractivity contribution in [3.8, 4) is 0 Å². The fourth-order valence-corrected chi connectivity index (χ4v) is 21.7. The first-order valence-corrected chi connectivity index (χ1v) is 35.9. The zero-order chi connectivity index (χ0) is 56.1. The summed E-state index contributed by atoms with van der Waals surface area (Å²) < 4.78 is 242. The van der Waals surface area contributed by atoms with E-state index >= 15 is 0 Å². The van der Waals surface area contributed by atoms with Crippen molar-refractivity contribution in [2.75, 3.05) is 41.2 Å². The first-order valence-electron chi connectivity index (χ1n) is 24.2. The fourth-order valence-electron chi connectivity index (χ4n) is 9.52. The number of benzene rings is 1. The Bertz CT molecular complexity index is 2780. The molecule has 0 amide bonds. The fraction of sp³-hybridized carbons (Fsp3) is 0.778. The van der Waals surface area contributed by atoms with Gasteiger partial charge in [-0.05, 0) is 89.0 Å². The molecule has 0 N–H and O–H groups in total. The van der Waals surface area contributed by atoms with Gasteiger partial charge in [-0.15, -0.1) is 13.2 Å². The van der Waals surface area contributed by atoms with Crippen LogP contribution in [-0.4, -0.2) is 151 Å². The SMILES string of the molecule is C=CC1C2CCCCC2OS1(=O)=O.C=CC1CCCS1(=O)=O.CC1CCS(=O)(=O)C1F.O=S1(=O)CCCC1C(F)(F)F.O=S1(=O)CCCC1C(F)F.O=S1(=O)CCCC1CF.O=S1(=O)CCCC1c1ccccc1. The van der Waals surface area contributed by atoms with Crippen LogP contribution in [0.2, 0.25) is 0 Å². The highest BCUT2D eigenvalue weighted by Crippen LogP contribution is 2.40. The highest BCUT2D eigenvalue weighted by molar-refractivity contribution is 7.93. The minimum atomic E-state index is -4.57. The second-order valence-corrected chi connectivity index (χ2v) is 34.8. The Labute approximate surface area is 433 Å². The van der Waals surface area contributed by atoms with Crippen LogP contribution in [0.15, 0.2) is 55.6 Å². The van der Waals surface area contributed by atoms with Crippen molar-refractivity contribution in [2.45, 2.75) is 159 Å². The van der Waals surface area contributed by atoms with E-state index in [2.05, 4.69) is 13.2 Å². The average molecular weight is 1210 g/mol. The van der Waals surface area contributed by atoms with Crippen LogP contribution < -0.4 is 0 Å². The van der Waals surface area contributed by atoms with E-state index in [1.807, 2.05) is 30.3 Å². The third-order valence-corrected chi connectivity index (χ3v) is 28.6. The molecule has 10 atom stereocenters. The van der Waals surface area contributed by atoms with Crippen molar-refractivity contribution in [2.24, 2.45) is 11.8 Å². The summed E-state index contributed by atoms with van der Waals surface area (Å²) in [6, 6.07) is 9.48. The lowest BCUT2D eigenvalue weighted by Crippen LogP contribution is -2.32. The highest BCUT2D eigenvalue weighted by atomic mass is 32.2. The molecule has 9 rings (SSSR count). The Balaban J connectivity index is 0.000000229. The van der Waals surface area contributed by atoms with Gasteiger partial charge in [-0.25, -0.2) is 68.1 Å². The molecule has 74 heavy (non-hydrogen) atoms. The molecule has 29 heteroatoms. The van der Waals surface area contributed by atoms with E-state index in [4.69, 9.17) is 4.18 Å². The van der Waals surface area contributed by atoms with Crippen molar-refractivity contribution >= 4 is 69.1 Å². The summed E-state index contributed by atoms with van der Waals surface area (Å²) in [5, 5.41) is -5.12. The summed E-state index contributed by atoms with van der Waals surface area (Å²) >= 11 is 0. The number of alkyl halides is 7. The van der Waals surface area contributed by atoms with Crippen LogP contribution in [0.1, 0.15) is 114 Å². The van der Waals surface area contributed by atoms with E-state index in [0.717, 1.165) is 56.9 Å². The van der Waals surface area contributed by atoms with Gasteiger partial charge in [-0.1, -0.05) is 62.2 Å². The van der Waals surface area contributed by atoms with Crippen molar-refractivity contribution in [3.05, 3.63) is 61.2 Å². The maximum absolute atomic E-state index is 12.5. The molecular formula is C45H69F7O15S7. The quantitative estimate of drug-likeness (QED) is 0.159. The van der Waals surface area contributed by atoms with Gasteiger partial charge in [-0.2, -0.15) is 21.6 Å². The number of halogens is 7. The van der Waals surface area contributed by atoms with Gasteiger partial charge < -0.3 is 0 Å². The second kappa shape index (κ2) is 27.6. The van der Waals surface area contributed by atoms with Crippen molar-refractivity contribution in [3.63, 3.8) is 0 Å². The molecule has 10 unspecified atom stereocenters. The number of hydrogen-bond acceptors (Lipinski definition) is 15. The van der Waals surface area contributed by atoms with Gasteiger partial charge in [0.05, 0.1) is 56.4 Å². The Morgan fingerprint density at radius 2 is 1.12 bits per heavy atom. The van der Waals surface area contributed by atoms with E-state index in [1.54, 1.807) is 6.92 Å². The topological polar surface area (TPSA) is 248 Å². The Morgan fingerprint density at radius 3 is 1.46 bits per heavy atom. The minimum Gasteiger partial charge on any atom is -0.266 e. The standard InChI is InChI=1S/C10H12O2S.C9H14O3S.C6H10O2S.C5H7F3O2S.C5H8F2O2S.2C5H9FO2S/c11-13(12)8-4-7-10(13)9-5-2-1-3-6-9;1-2-9-7-5-3-4-6-8(7)12-13(9,10)11;1-2-6-4-3-5-9(6,7)8;6-5(7,8)4-2-1-3-11(4,9)10;6-5(7)4-2-1-3-10(4,8)9;1-4-2-3-9(7,8)5(4)6;6-4-5-2-1-3-9(5,7)8/h1-3,5-6,10H,4,7-8H2;2,7-9H,1,3-6H2;2,6H,1,3-5H2;4H,1-3H2;4-5H,1-3H2;4-5H,2-3H2,1H3;5H,1-4H2. The molecule has 0 spiro atoms. The summed E-state index contributed by atoms with van der Waals surface area (Å²) in [4.78, 5) is 0. The second-order valence-electron chi connectivity index (χ2n) is 19.2. The van der Waals surface area contributed by atoms with Crippen LogP contribution in [0.5, 0.6) is 0 Å². The minimum absolute atomic E-state index is 0.0231. The summed E-state index contributed by atoms with van der Waals surface area (Å²) in [6.07, 6.45) is 4.91. The van der Waals surface area contributed by atoms with E-state index < -0.39 is 115 Å². The smallest absolute Gasteiger partial charge is 0.266 e. The molecule has 0 radical (unpaired) electrons. The Kier molecular flexibility index (Phi) is 24.7. The van der Waals surface area contributed by atoms with Crippen LogP contribution in [0, 0.1) is 11.8 Å². The Hall–Kier alpha value is -2.18. The van der Waals surface area contributed by atoms with Crippen LogP contribution >= 0.6 is 0 Å². The summed E-state index contributed by atoms with van der Waals surface area (Å²) in [5.41, 5.74) is -0.655. The molecule has 430 valence electrons. The Morgan fingerprint density at radius 1 is 0.595 bits per heavy atom. The molecule has 1 aliphatic carbocycles. The molecule has 1 aromatic carbocycles. The van der Waals surface area contributed by atoms with Gasteiger partial charge >= 0.3 is 6.18 Å². The molecule has 1 saturated carbocycles. The lowest BCUT2D eigenvalue weighted by molar-refractivity contribution is -0.130. The molecule has 1 aromatic rings. The van der Waals surface area contributed by atoms with Gasteiger partial charge in [-0.3, -0.25) is 4.18 Å². The lowest BCUT2D eigenvalue weighted by Gasteiger charge is -2.23. The zero-order valence-electron chi connectivity index (χ0n) is 41.0. The normalized spacial score (nSPS) is 33.7. The first-order chi connectivity index (χ1) is 34.1. The molecule has 8 aliphatic rings. The van der Waals surface area contributed by atoms with E-state index in [0.29, 0.717) is 37.2 Å². The monoisotopic (exact) mass is 1210 g/mol. The maximum atomic E-state index is 12.5. The molecular weight excluding hydrogens is 1140 g/mol.